The molecule has 0 bridgehead atoms. The van der Waals surface area contributed by atoms with Gasteiger partial charge in [-0.05, 0) is 41.0 Å². The molecule has 0 saturated carbocycles. The average Bonchev–Trinajstić information content (AvgIpc) is 2.77. The molecule has 0 radical (unpaired) electrons. The molecule has 3 aromatic rings. The lowest BCUT2D eigenvalue weighted by Crippen LogP contribution is -2.47. The Morgan fingerprint density at radius 2 is 1.93 bits per heavy atom. The van der Waals surface area contributed by atoms with Gasteiger partial charge in [0.25, 0.3) is 0 Å². The summed E-state index contributed by atoms with van der Waals surface area (Å²) in [6, 6.07) is 18.9. The molecule has 5 nitrogen and oxygen atoms in total. The predicted octanol–water partition coefficient (Wildman–Crippen LogP) is 3.84. The average molecular weight is 404 g/mol. The number of hydrogen-bond donors (Lipinski definition) is 0. The van der Waals surface area contributed by atoms with Crippen molar-refractivity contribution in [2.75, 3.05) is 33.8 Å². The minimum Gasteiger partial charge on any atom is -0.492 e. The highest BCUT2D eigenvalue weighted by Crippen LogP contribution is 2.26. The topological polar surface area (TPSA) is 45.7 Å². The summed E-state index contributed by atoms with van der Waals surface area (Å²) in [7, 11) is 3.68. The maximum Gasteiger partial charge on any atom is 0.226 e. The van der Waals surface area contributed by atoms with Gasteiger partial charge >= 0.3 is 0 Å². The van der Waals surface area contributed by atoms with Crippen LogP contribution in [0.1, 0.15) is 12.0 Å². The summed E-state index contributed by atoms with van der Waals surface area (Å²) in [5.74, 6) is 1.27. The van der Waals surface area contributed by atoms with E-state index in [1.54, 1.807) is 17.3 Å². The largest absolute Gasteiger partial charge is 0.492 e. The van der Waals surface area contributed by atoms with E-state index in [0.29, 0.717) is 12.5 Å². The number of rotatable bonds is 6. The Labute approximate surface area is 178 Å². The van der Waals surface area contributed by atoms with E-state index < -0.39 is 0 Å². The van der Waals surface area contributed by atoms with Crippen molar-refractivity contribution >= 4 is 16.7 Å². The summed E-state index contributed by atoms with van der Waals surface area (Å²) >= 11 is 0. The molecule has 2 atom stereocenters. The molecule has 0 unspecified atom stereocenters. The van der Waals surface area contributed by atoms with Crippen molar-refractivity contribution in [3.05, 3.63) is 72.6 Å². The second-order valence-electron chi connectivity index (χ2n) is 8.41. The van der Waals surface area contributed by atoms with Crippen molar-refractivity contribution in [3.8, 4) is 5.75 Å². The number of aromatic nitrogens is 1. The predicted molar refractivity (Wildman–Crippen MR) is 119 cm³/mol. The first-order valence-corrected chi connectivity index (χ1v) is 10.5. The van der Waals surface area contributed by atoms with Gasteiger partial charge in [-0.3, -0.25) is 14.7 Å². The molecule has 0 spiro atoms. The number of piperidine rings is 1. The third-order valence-corrected chi connectivity index (χ3v) is 5.74. The Morgan fingerprint density at radius 1 is 1.10 bits per heavy atom. The van der Waals surface area contributed by atoms with E-state index in [1.165, 1.54) is 16.3 Å². The van der Waals surface area contributed by atoms with Crippen LogP contribution in [0.15, 0.2) is 67.0 Å². The monoisotopic (exact) mass is 403 g/mol. The van der Waals surface area contributed by atoms with Crippen molar-refractivity contribution in [2.24, 2.45) is 11.8 Å². The second kappa shape index (κ2) is 9.26. The van der Waals surface area contributed by atoms with Gasteiger partial charge in [0.2, 0.25) is 5.91 Å². The summed E-state index contributed by atoms with van der Waals surface area (Å²) in [5.41, 5.74) is 1.28. The molecular weight excluding hydrogens is 374 g/mol. The number of likely N-dealkylation sites (tertiary alicyclic amines) is 1. The zero-order valence-electron chi connectivity index (χ0n) is 17.7. The molecule has 1 aliphatic rings. The van der Waals surface area contributed by atoms with Gasteiger partial charge in [-0.15, -0.1) is 0 Å². The van der Waals surface area contributed by atoms with Gasteiger partial charge in [-0.1, -0.05) is 36.4 Å². The van der Waals surface area contributed by atoms with E-state index in [2.05, 4.69) is 52.3 Å². The standard InChI is InChI=1S/C25H29N3O2/c1-27(2)25(29)23-13-20(18-30-24-8-5-11-26-14-24)16-28(17-23)15-19-9-10-21-6-3-4-7-22(21)12-19/h3-12,14,20,23H,13,15-18H2,1-2H3/t20-,23+/m0/s1. The fourth-order valence-electron chi connectivity index (χ4n) is 4.34. The van der Waals surface area contributed by atoms with Crippen LogP contribution >= 0.6 is 0 Å². The van der Waals surface area contributed by atoms with Gasteiger partial charge in [0.05, 0.1) is 18.7 Å². The maximum absolute atomic E-state index is 12.7. The smallest absolute Gasteiger partial charge is 0.226 e. The fraction of sp³-hybridized carbons (Fsp3) is 0.360. The number of ether oxygens (including phenoxy) is 1. The first kappa shape index (κ1) is 20.4. The van der Waals surface area contributed by atoms with Gasteiger partial charge in [-0.2, -0.15) is 0 Å². The van der Waals surface area contributed by atoms with Crippen LogP contribution in [0.5, 0.6) is 5.75 Å². The Bertz CT molecular complexity index is 990. The minimum atomic E-state index is -0.00305. The minimum absolute atomic E-state index is 0.00305. The molecule has 1 aliphatic heterocycles. The van der Waals surface area contributed by atoms with E-state index in [0.717, 1.165) is 31.8 Å². The van der Waals surface area contributed by atoms with Gasteiger partial charge in [0.1, 0.15) is 5.75 Å². The zero-order valence-corrected chi connectivity index (χ0v) is 17.7. The molecule has 0 N–H and O–H groups in total. The molecule has 1 amide bonds. The highest BCUT2D eigenvalue weighted by molar-refractivity contribution is 5.83. The molecule has 2 heterocycles. The Morgan fingerprint density at radius 3 is 2.70 bits per heavy atom. The van der Waals surface area contributed by atoms with Crippen LogP contribution in [0.2, 0.25) is 0 Å². The number of nitrogens with zero attached hydrogens (tertiary/aromatic N) is 3. The Balaban J connectivity index is 1.47. The van der Waals surface area contributed by atoms with E-state index >= 15 is 0 Å². The summed E-state index contributed by atoms with van der Waals surface area (Å²) in [4.78, 5) is 21.0. The molecule has 30 heavy (non-hydrogen) atoms. The van der Waals surface area contributed by atoms with Crippen LogP contribution in [-0.2, 0) is 11.3 Å². The molecule has 4 rings (SSSR count). The highest BCUT2D eigenvalue weighted by atomic mass is 16.5. The molecule has 156 valence electrons. The van der Waals surface area contributed by atoms with Gasteiger partial charge in [0.15, 0.2) is 0 Å². The number of carbonyl (C=O) groups excluding carboxylic acids is 1. The van der Waals surface area contributed by atoms with Crippen LogP contribution in [-0.4, -0.2) is 54.5 Å². The van der Waals surface area contributed by atoms with Gasteiger partial charge in [-0.25, -0.2) is 0 Å². The molecule has 0 aliphatic carbocycles. The van der Waals surface area contributed by atoms with Crippen molar-refractivity contribution in [2.45, 2.75) is 13.0 Å². The van der Waals surface area contributed by atoms with Crippen molar-refractivity contribution in [1.82, 2.24) is 14.8 Å². The zero-order chi connectivity index (χ0) is 20.9. The Kier molecular flexibility index (Phi) is 6.29. The molecule has 1 saturated heterocycles. The van der Waals surface area contributed by atoms with Crippen LogP contribution in [0, 0.1) is 11.8 Å². The van der Waals surface area contributed by atoms with Crippen LogP contribution < -0.4 is 4.74 Å². The normalized spacial score (nSPS) is 19.5. The summed E-state index contributed by atoms with van der Waals surface area (Å²) < 4.78 is 5.98. The number of amides is 1. The second-order valence-corrected chi connectivity index (χ2v) is 8.41. The number of benzene rings is 2. The number of carbonyl (C=O) groups is 1. The van der Waals surface area contributed by atoms with Crippen LogP contribution in [0.25, 0.3) is 10.8 Å². The van der Waals surface area contributed by atoms with Crippen LogP contribution in [0.3, 0.4) is 0 Å². The maximum atomic E-state index is 12.7. The lowest BCUT2D eigenvalue weighted by Gasteiger charge is -2.38. The summed E-state index contributed by atoms with van der Waals surface area (Å²) in [6.07, 6.45) is 4.33. The number of fused-ring (bicyclic) bond motifs is 1. The molecule has 5 heteroatoms. The molecule has 2 aromatic carbocycles. The van der Waals surface area contributed by atoms with E-state index in [-0.39, 0.29) is 11.8 Å². The quantitative estimate of drug-likeness (QED) is 0.627. The van der Waals surface area contributed by atoms with Gasteiger partial charge < -0.3 is 9.64 Å². The van der Waals surface area contributed by atoms with Crippen LogP contribution in [0.4, 0.5) is 0 Å². The Hall–Kier alpha value is -2.92. The SMILES string of the molecule is CN(C)C(=O)[C@@H]1C[C@H](COc2cccnc2)CN(Cc2ccc3ccccc3c2)C1. The van der Waals surface area contributed by atoms with E-state index in [9.17, 15) is 4.79 Å². The third-order valence-electron chi connectivity index (χ3n) is 5.74. The molecule has 1 fully saturated rings. The van der Waals surface area contributed by atoms with Crippen molar-refractivity contribution in [3.63, 3.8) is 0 Å². The van der Waals surface area contributed by atoms with E-state index in [1.807, 2.05) is 26.2 Å². The third kappa shape index (κ3) is 4.97. The first-order chi connectivity index (χ1) is 14.6. The van der Waals surface area contributed by atoms with Crippen molar-refractivity contribution < 1.29 is 9.53 Å². The highest BCUT2D eigenvalue weighted by Gasteiger charge is 2.32. The number of pyridine rings is 1. The molecule has 1 aromatic heterocycles. The summed E-state index contributed by atoms with van der Waals surface area (Å²) in [6.45, 7) is 3.14. The summed E-state index contributed by atoms with van der Waals surface area (Å²) in [5, 5.41) is 2.51. The fourth-order valence-corrected chi connectivity index (χ4v) is 4.34. The lowest BCUT2D eigenvalue weighted by molar-refractivity contribution is -0.135. The first-order valence-electron chi connectivity index (χ1n) is 10.5. The number of hydrogen-bond acceptors (Lipinski definition) is 4. The molecular formula is C25H29N3O2. The van der Waals surface area contributed by atoms with E-state index in [4.69, 9.17) is 4.74 Å². The van der Waals surface area contributed by atoms with Crippen molar-refractivity contribution in [1.29, 1.82) is 0 Å². The van der Waals surface area contributed by atoms with Gasteiger partial charge in [0, 0.05) is 45.8 Å². The lowest BCUT2D eigenvalue weighted by atomic mass is 9.88.